The van der Waals surface area contributed by atoms with Gasteiger partial charge in [-0.3, -0.25) is 9.36 Å². The van der Waals surface area contributed by atoms with Crippen LogP contribution in [0.1, 0.15) is 35.2 Å². The molecular weight excluding hydrogens is 608 g/mol. The summed E-state index contributed by atoms with van der Waals surface area (Å²) in [5.74, 6) is 0.754. The number of benzene rings is 4. The predicted molar refractivity (Wildman–Crippen MR) is 176 cm³/mol. The third-order valence-electron chi connectivity index (χ3n) is 7.32. The molecule has 7 nitrogen and oxygen atoms in total. The number of thiazole rings is 1. The van der Waals surface area contributed by atoms with Crippen LogP contribution < -0.4 is 24.4 Å². The lowest BCUT2D eigenvalue weighted by molar-refractivity contribution is -0.138. The summed E-state index contributed by atoms with van der Waals surface area (Å²) in [5, 5.41) is 0.656. The molecule has 0 amide bonds. The van der Waals surface area contributed by atoms with Crippen molar-refractivity contribution < 1.29 is 19.0 Å². The van der Waals surface area contributed by atoms with Crippen molar-refractivity contribution >= 4 is 40.7 Å². The van der Waals surface area contributed by atoms with E-state index in [2.05, 4.69) is 0 Å². The Morgan fingerprint density at radius 3 is 2.38 bits per heavy atom. The highest BCUT2D eigenvalue weighted by molar-refractivity contribution is 7.07. The summed E-state index contributed by atoms with van der Waals surface area (Å²) in [5.41, 5.74) is 3.66. The smallest absolute Gasteiger partial charge is 0.338 e. The summed E-state index contributed by atoms with van der Waals surface area (Å²) in [6.45, 7) is 2.27. The topological polar surface area (TPSA) is 79.1 Å². The number of methoxy groups -OCH3 is 1. The number of esters is 1. The van der Waals surface area contributed by atoms with E-state index >= 15 is 0 Å². The number of hydrogen-bond donors (Lipinski definition) is 0. The summed E-state index contributed by atoms with van der Waals surface area (Å²) in [6.07, 6.45) is 1.81. The molecule has 0 aliphatic carbocycles. The molecule has 6 rings (SSSR count). The summed E-state index contributed by atoms with van der Waals surface area (Å²) < 4.78 is 19.1. The molecule has 1 atom stereocenters. The number of para-hydroxylation sites is 1. The number of carbonyl (C=O) groups is 1. The van der Waals surface area contributed by atoms with Gasteiger partial charge in [-0.2, -0.15) is 0 Å². The van der Waals surface area contributed by atoms with Crippen LogP contribution in [0.5, 0.6) is 11.5 Å². The van der Waals surface area contributed by atoms with Crippen molar-refractivity contribution in [2.75, 3.05) is 13.7 Å². The quantitative estimate of drug-likeness (QED) is 0.181. The zero-order chi connectivity index (χ0) is 31.3. The van der Waals surface area contributed by atoms with E-state index in [4.69, 9.17) is 30.8 Å². The molecule has 0 fully saturated rings. The Morgan fingerprint density at radius 2 is 1.67 bits per heavy atom. The van der Waals surface area contributed by atoms with Gasteiger partial charge in [0, 0.05) is 16.1 Å². The minimum absolute atomic E-state index is 0.178. The minimum atomic E-state index is -0.778. The zero-order valence-corrected chi connectivity index (χ0v) is 26.2. The van der Waals surface area contributed by atoms with Gasteiger partial charge in [-0.15, -0.1) is 0 Å². The van der Waals surface area contributed by atoms with Crippen LogP contribution in [0.15, 0.2) is 118 Å². The molecule has 4 aromatic carbocycles. The number of nitrogens with zero attached hydrogens (tertiary/aromatic N) is 2. The van der Waals surface area contributed by atoms with E-state index in [1.165, 1.54) is 11.3 Å². The zero-order valence-electron chi connectivity index (χ0n) is 24.6. The first-order valence-corrected chi connectivity index (χ1v) is 15.5. The second-order valence-electron chi connectivity index (χ2n) is 10.2. The number of halogens is 1. The first-order valence-electron chi connectivity index (χ1n) is 14.4. The van der Waals surface area contributed by atoms with E-state index in [0.29, 0.717) is 43.7 Å². The molecule has 1 aliphatic heterocycles. The first kappa shape index (κ1) is 30.1. The Bertz CT molecular complexity index is 2050. The average molecular weight is 637 g/mol. The highest BCUT2D eigenvalue weighted by Gasteiger charge is 2.35. The summed E-state index contributed by atoms with van der Waals surface area (Å²) in [4.78, 5) is 33.3. The van der Waals surface area contributed by atoms with E-state index in [1.807, 2.05) is 109 Å². The van der Waals surface area contributed by atoms with Crippen molar-refractivity contribution in [1.82, 2.24) is 4.57 Å². The predicted octanol–water partition coefficient (Wildman–Crippen LogP) is 6.18. The van der Waals surface area contributed by atoms with Crippen molar-refractivity contribution in [3.05, 3.63) is 156 Å². The van der Waals surface area contributed by atoms with Crippen LogP contribution in [0, 0.1) is 0 Å². The summed E-state index contributed by atoms with van der Waals surface area (Å²) in [6, 6.07) is 31.0. The van der Waals surface area contributed by atoms with E-state index in [1.54, 1.807) is 18.6 Å². The lowest BCUT2D eigenvalue weighted by Gasteiger charge is -2.26. The van der Waals surface area contributed by atoms with Crippen molar-refractivity contribution in [1.29, 1.82) is 0 Å². The molecule has 2 heterocycles. The number of rotatable bonds is 9. The number of hydrogen-bond acceptors (Lipinski definition) is 7. The van der Waals surface area contributed by atoms with E-state index in [9.17, 15) is 9.59 Å². The van der Waals surface area contributed by atoms with E-state index < -0.39 is 12.0 Å². The van der Waals surface area contributed by atoms with Crippen LogP contribution >= 0.6 is 22.9 Å². The fourth-order valence-corrected chi connectivity index (χ4v) is 6.27. The van der Waals surface area contributed by atoms with Crippen molar-refractivity contribution in [2.45, 2.75) is 19.6 Å². The van der Waals surface area contributed by atoms with Gasteiger partial charge in [0.05, 0.1) is 35.6 Å². The highest BCUT2D eigenvalue weighted by Crippen LogP contribution is 2.35. The molecule has 45 heavy (non-hydrogen) atoms. The van der Waals surface area contributed by atoms with Crippen LogP contribution in [-0.2, 0) is 16.1 Å². The summed E-state index contributed by atoms with van der Waals surface area (Å²) >= 11 is 7.29. The normalized spacial score (nSPS) is 14.5. The van der Waals surface area contributed by atoms with Crippen molar-refractivity contribution in [3.8, 4) is 11.5 Å². The molecule has 226 valence electrons. The van der Waals surface area contributed by atoms with E-state index in [0.717, 1.165) is 22.3 Å². The Kier molecular flexibility index (Phi) is 8.96. The second-order valence-corrected chi connectivity index (χ2v) is 11.6. The molecule has 5 aromatic rings. The van der Waals surface area contributed by atoms with Crippen LogP contribution in [0.25, 0.3) is 11.8 Å². The Hall–Kier alpha value is -4.92. The molecular formula is C36H29ClN2O5S. The standard InChI is InChI=1S/C36H29ClN2O5S/c1-3-43-35(41)31-32(24-9-5-4-6-10-24)38-36-39(33(31)25-15-19-28(42-2)20-16-25)34(40)30(45-36)21-26-11-7-8-12-29(26)44-22-23-13-17-27(37)18-14-23/h4-21,33H,3,22H2,1-2H3/b30-21+/t33-/m1/s1. The van der Waals surface area contributed by atoms with E-state index in [-0.39, 0.29) is 12.2 Å². The van der Waals surface area contributed by atoms with Crippen LogP contribution in [-0.4, -0.2) is 24.3 Å². The maximum Gasteiger partial charge on any atom is 0.338 e. The van der Waals surface area contributed by atoms with Crippen molar-refractivity contribution in [2.24, 2.45) is 4.99 Å². The van der Waals surface area contributed by atoms with Gasteiger partial charge in [-0.05, 0) is 54.5 Å². The maximum atomic E-state index is 14.2. The van der Waals surface area contributed by atoms with Gasteiger partial charge >= 0.3 is 5.97 Å². The summed E-state index contributed by atoms with van der Waals surface area (Å²) in [7, 11) is 1.59. The highest BCUT2D eigenvalue weighted by atomic mass is 35.5. The molecule has 0 N–H and O–H groups in total. The number of carbonyl (C=O) groups excluding carboxylic acids is 1. The molecule has 0 unspecified atom stereocenters. The maximum absolute atomic E-state index is 14.2. The molecule has 0 radical (unpaired) electrons. The fourth-order valence-electron chi connectivity index (χ4n) is 5.16. The molecule has 0 saturated heterocycles. The SMILES string of the molecule is CCOC(=O)C1=C(c2ccccc2)N=c2s/c(=C/c3ccccc3OCc3ccc(Cl)cc3)c(=O)n2[C@@H]1c1ccc(OC)cc1. The van der Waals surface area contributed by atoms with Gasteiger partial charge in [0.25, 0.3) is 5.56 Å². The van der Waals surface area contributed by atoms with Gasteiger partial charge < -0.3 is 14.2 Å². The molecule has 0 saturated carbocycles. The fraction of sp³-hybridized carbons (Fsp3) is 0.139. The largest absolute Gasteiger partial charge is 0.497 e. The third-order valence-corrected chi connectivity index (χ3v) is 8.55. The molecule has 0 spiro atoms. The Morgan fingerprint density at radius 1 is 0.956 bits per heavy atom. The molecule has 1 aromatic heterocycles. The van der Waals surface area contributed by atoms with Gasteiger partial charge in [0.15, 0.2) is 4.80 Å². The van der Waals surface area contributed by atoms with Gasteiger partial charge in [-0.25, -0.2) is 9.79 Å². The van der Waals surface area contributed by atoms with Crippen molar-refractivity contribution in [3.63, 3.8) is 0 Å². The molecule has 9 heteroatoms. The average Bonchev–Trinajstić information content (AvgIpc) is 3.38. The van der Waals surface area contributed by atoms with Gasteiger partial charge in [-0.1, -0.05) is 95.7 Å². The second kappa shape index (κ2) is 13.4. The van der Waals surface area contributed by atoms with Gasteiger partial charge in [0.2, 0.25) is 0 Å². The lowest BCUT2D eigenvalue weighted by Crippen LogP contribution is -2.40. The third kappa shape index (κ3) is 6.34. The minimum Gasteiger partial charge on any atom is -0.497 e. The number of fused-ring (bicyclic) bond motifs is 1. The molecule has 1 aliphatic rings. The Labute approximate surface area is 268 Å². The van der Waals surface area contributed by atoms with Gasteiger partial charge in [0.1, 0.15) is 18.1 Å². The lowest BCUT2D eigenvalue weighted by atomic mass is 9.93. The van der Waals surface area contributed by atoms with Crippen LogP contribution in [0.4, 0.5) is 0 Å². The Balaban J connectivity index is 1.51. The molecule has 0 bridgehead atoms. The number of ether oxygens (including phenoxy) is 3. The van der Waals surface area contributed by atoms with Crippen LogP contribution in [0.3, 0.4) is 0 Å². The first-order chi connectivity index (χ1) is 22.0. The monoisotopic (exact) mass is 636 g/mol. The number of aromatic nitrogens is 1. The van der Waals surface area contributed by atoms with Crippen LogP contribution in [0.2, 0.25) is 5.02 Å².